The van der Waals surface area contributed by atoms with Gasteiger partial charge in [-0.1, -0.05) is 18.2 Å². The van der Waals surface area contributed by atoms with Crippen LogP contribution in [0, 0.1) is 0 Å². The Hall–Kier alpha value is -2.97. The van der Waals surface area contributed by atoms with Crippen molar-refractivity contribution in [1.29, 1.82) is 0 Å². The van der Waals surface area contributed by atoms with Crippen molar-refractivity contribution in [3.8, 4) is 5.69 Å². The van der Waals surface area contributed by atoms with Gasteiger partial charge in [-0.3, -0.25) is 0 Å². The second-order valence-corrected chi connectivity index (χ2v) is 5.31. The molecule has 0 aliphatic rings. The Balaban J connectivity index is 1.69. The van der Waals surface area contributed by atoms with Crippen molar-refractivity contribution in [3.05, 3.63) is 60.4 Å². The Bertz CT molecular complexity index is 817. The van der Waals surface area contributed by atoms with E-state index in [1.807, 2.05) is 24.3 Å². The van der Waals surface area contributed by atoms with Crippen molar-refractivity contribution in [2.24, 2.45) is 0 Å². The summed E-state index contributed by atoms with van der Waals surface area (Å²) in [5.41, 5.74) is 2.12. The Morgan fingerprint density at radius 2 is 1.96 bits per heavy atom. The predicted molar refractivity (Wildman–Crippen MR) is 85.1 cm³/mol. The maximum atomic E-state index is 12.3. The minimum atomic E-state index is -4.20. The maximum Gasteiger partial charge on any atom is 0.389 e. The van der Waals surface area contributed by atoms with E-state index in [9.17, 15) is 13.2 Å². The quantitative estimate of drug-likeness (QED) is 0.741. The summed E-state index contributed by atoms with van der Waals surface area (Å²) in [5, 5.41) is 7.14. The standard InChI is InChI=1S/C16H15F3N6/c17-16(18,19)7-5-13-6-8-21-15(24-13)22-9-12-3-1-2-4-14(12)25-11-20-10-23-25/h1-4,6,8,10-11H,5,7,9H2,(H,21,22,24). The van der Waals surface area contributed by atoms with Crippen molar-refractivity contribution in [3.63, 3.8) is 0 Å². The van der Waals surface area contributed by atoms with Crippen LogP contribution in [0.1, 0.15) is 17.7 Å². The van der Waals surface area contributed by atoms with Gasteiger partial charge in [0.25, 0.3) is 0 Å². The molecule has 0 amide bonds. The number of para-hydroxylation sites is 1. The summed E-state index contributed by atoms with van der Waals surface area (Å²) in [6.45, 7) is 0.402. The Morgan fingerprint density at radius 1 is 1.12 bits per heavy atom. The van der Waals surface area contributed by atoms with Crippen LogP contribution in [0.3, 0.4) is 0 Å². The summed E-state index contributed by atoms with van der Waals surface area (Å²) in [4.78, 5) is 12.1. The van der Waals surface area contributed by atoms with Gasteiger partial charge in [-0.15, -0.1) is 0 Å². The molecule has 1 N–H and O–H groups in total. The zero-order valence-electron chi connectivity index (χ0n) is 13.1. The highest BCUT2D eigenvalue weighted by molar-refractivity contribution is 5.42. The van der Waals surface area contributed by atoms with E-state index in [-0.39, 0.29) is 12.4 Å². The van der Waals surface area contributed by atoms with E-state index in [1.54, 1.807) is 11.0 Å². The van der Waals surface area contributed by atoms with Crippen molar-refractivity contribution in [1.82, 2.24) is 24.7 Å². The highest BCUT2D eigenvalue weighted by atomic mass is 19.4. The molecule has 3 rings (SSSR count). The molecule has 0 fully saturated rings. The average molecular weight is 348 g/mol. The van der Waals surface area contributed by atoms with Gasteiger partial charge in [-0.25, -0.2) is 19.6 Å². The third-order valence-electron chi connectivity index (χ3n) is 3.47. The number of aromatic nitrogens is 5. The number of nitrogens with zero attached hydrogens (tertiary/aromatic N) is 5. The van der Waals surface area contributed by atoms with Gasteiger partial charge in [0, 0.05) is 24.9 Å². The first kappa shape index (κ1) is 16.9. The molecule has 2 aromatic heterocycles. The first-order valence-corrected chi connectivity index (χ1v) is 7.57. The lowest BCUT2D eigenvalue weighted by Crippen LogP contribution is -2.11. The molecule has 130 valence electrons. The summed E-state index contributed by atoms with van der Waals surface area (Å²) >= 11 is 0. The fourth-order valence-corrected chi connectivity index (χ4v) is 2.28. The number of hydrogen-bond acceptors (Lipinski definition) is 5. The molecule has 0 aliphatic carbocycles. The topological polar surface area (TPSA) is 68.5 Å². The van der Waals surface area contributed by atoms with Crippen LogP contribution >= 0.6 is 0 Å². The summed E-state index contributed by atoms with van der Waals surface area (Å²) in [7, 11) is 0. The molecule has 6 nitrogen and oxygen atoms in total. The minimum Gasteiger partial charge on any atom is -0.350 e. The van der Waals surface area contributed by atoms with Gasteiger partial charge in [-0.2, -0.15) is 18.3 Å². The van der Waals surface area contributed by atoms with Crippen LogP contribution in [0.15, 0.2) is 49.2 Å². The van der Waals surface area contributed by atoms with Crippen LogP contribution in [-0.2, 0) is 13.0 Å². The van der Waals surface area contributed by atoms with Gasteiger partial charge in [0.05, 0.1) is 5.69 Å². The van der Waals surface area contributed by atoms with Crippen molar-refractivity contribution >= 4 is 5.95 Å². The van der Waals surface area contributed by atoms with Gasteiger partial charge in [-0.05, 0) is 24.1 Å². The second kappa shape index (κ2) is 7.29. The monoisotopic (exact) mass is 348 g/mol. The molecule has 3 aromatic rings. The third-order valence-corrected chi connectivity index (χ3v) is 3.47. The highest BCUT2D eigenvalue weighted by Crippen LogP contribution is 2.21. The first-order chi connectivity index (χ1) is 12.0. The molecule has 0 saturated carbocycles. The molecule has 0 radical (unpaired) electrons. The van der Waals surface area contributed by atoms with E-state index < -0.39 is 12.6 Å². The van der Waals surface area contributed by atoms with Crippen molar-refractivity contribution in [2.75, 3.05) is 5.32 Å². The van der Waals surface area contributed by atoms with E-state index in [1.165, 1.54) is 18.6 Å². The summed E-state index contributed by atoms with van der Waals surface area (Å²) in [5.74, 6) is 0.285. The Labute approximate surface area is 141 Å². The van der Waals surface area contributed by atoms with Crippen LogP contribution < -0.4 is 5.32 Å². The molecule has 0 unspecified atom stereocenters. The van der Waals surface area contributed by atoms with Crippen LogP contribution in [0.25, 0.3) is 5.69 Å². The number of aryl methyl sites for hydroxylation is 1. The molecule has 0 aliphatic heterocycles. The lowest BCUT2D eigenvalue weighted by atomic mass is 10.2. The molecule has 0 atom stereocenters. The van der Waals surface area contributed by atoms with Crippen LogP contribution in [0.5, 0.6) is 0 Å². The number of halogens is 3. The van der Waals surface area contributed by atoms with E-state index in [0.29, 0.717) is 12.2 Å². The predicted octanol–water partition coefficient (Wildman–Crippen LogP) is 3.16. The molecule has 9 heteroatoms. The van der Waals surface area contributed by atoms with Crippen LogP contribution in [0.4, 0.5) is 19.1 Å². The van der Waals surface area contributed by atoms with Gasteiger partial charge in [0.15, 0.2) is 0 Å². The average Bonchev–Trinajstić information content (AvgIpc) is 3.13. The first-order valence-electron chi connectivity index (χ1n) is 7.57. The number of anilines is 1. The molecule has 25 heavy (non-hydrogen) atoms. The number of rotatable bonds is 6. The van der Waals surface area contributed by atoms with E-state index in [4.69, 9.17) is 0 Å². The second-order valence-electron chi connectivity index (χ2n) is 5.31. The lowest BCUT2D eigenvalue weighted by molar-refractivity contribution is -0.134. The number of benzene rings is 1. The maximum absolute atomic E-state index is 12.3. The third kappa shape index (κ3) is 4.75. The van der Waals surface area contributed by atoms with Gasteiger partial charge in [0.2, 0.25) is 5.95 Å². The van der Waals surface area contributed by atoms with Crippen LogP contribution in [-0.4, -0.2) is 30.9 Å². The number of hydrogen-bond donors (Lipinski definition) is 1. The highest BCUT2D eigenvalue weighted by Gasteiger charge is 2.26. The lowest BCUT2D eigenvalue weighted by Gasteiger charge is -2.11. The number of nitrogens with one attached hydrogen (secondary N) is 1. The zero-order valence-corrected chi connectivity index (χ0v) is 13.1. The zero-order chi connectivity index (χ0) is 17.7. The molecule has 0 bridgehead atoms. The van der Waals surface area contributed by atoms with E-state index >= 15 is 0 Å². The Kier molecular flexibility index (Phi) is 4.92. The van der Waals surface area contributed by atoms with E-state index in [0.717, 1.165) is 11.3 Å². The van der Waals surface area contributed by atoms with E-state index in [2.05, 4.69) is 25.4 Å². The minimum absolute atomic E-state index is 0.170. The largest absolute Gasteiger partial charge is 0.389 e. The van der Waals surface area contributed by atoms with Crippen molar-refractivity contribution in [2.45, 2.75) is 25.6 Å². The van der Waals surface area contributed by atoms with Crippen LogP contribution in [0.2, 0.25) is 0 Å². The molecule has 1 aromatic carbocycles. The molecular formula is C16H15F3N6. The molecular weight excluding hydrogens is 333 g/mol. The number of alkyl halides is 3. The van der Waals surface area contributed by atoms with Crippen molar-refractivity contribution < 1.29 is 13.2 Å². The fraction of sp³-hybridized carbons (Fsp3) is 0.250. The smallest absolute Gasteiger partial charge is 0.350 e. The SMILES string of the molecule is FC(F)(F)CCc1ccnc(NCc2ccccc2-n2cncn2)n1. The molecule has 0 spiro atoms. The van der Waals surface area contributed by atoms with Gasteiger partial charge in [0.1, 0.15) is 12.7 Å². The summed E-state index contributed by atoms with van der Waals surface area (Å²) in [6.07, 6.45) is -0.793. The van der Waals surface area contributed by atoms with Gasteiger partial charge < -0.3 is 5.32 Å². The fourth-order valence-electron chi connectivity index (χ4n) is 2.28. The summed E-state index contributed by atoms with van der Waals surface area (Å²) < 4.78 is 38.6. The normalized spacial score (nSPS) is 11.5. The molecule has 2 heterocycles. The molecule has 0 saturated heterocycles. The van der Waals surface area contributed by atoms with Gasteiger partial charge >= 0.3 is 6.18 Å². The summed E-state index contributed by atoms with van der Waals surface area (Å²) in [6, 6.07) is 9.07. The Morgan fingerprint density at radius 3 is 2.72 bits per heavy atom.